The highest BCUT2D eigenvalue weighted by Crippen LogP contribution is 2.36. The second-order valence-corrected chi connectivity index (χ2v) is 12.1. The highest BCUT2D eigenvalue weighted by molar-refractivity contribution is 6.13. The topological polar surface area (TPSA) is 45.5 Å². The molecule has 0 spiro atoms. The number of anilines is 1. The van der Waals surface area contributed by atoms with Crippen LogP contribution in [0.15, 0.2) is 187 Å². The van der Waals surface area contributed by atoms with Crippen molar-refractivity contribution in [2.75, 3.05) is 5.12 Å². The summed E-state index contributed by atoms with van der Waals surface area (Å²) in [6.45, 7) is 0. The van der Waals surface area contributed by atoms with Crippen LogP contribution in [0.2, 0.25) is 0 Å². The lowest BCUT2D eigenvalue weighted by molar-refractivity contribution is 0.787. The number of benzene rings is 6. The van der Waals surface area contributed by atoms with Crippen LogP contribution in [0.1, 0.15) is 11.1 Å². The molecule has 0 saturated heterocycles. The van der Waals surface area contributed by atoms with Gasteiger partial charge >= 0.3 is 0 Å². The summed E-state index contributed by atoms with van der Waals surface area (Å²) >= 11 is 0. The van der Waals surface area contributed by atoms with Crippen molar-refractivity contribution in [3.05, 3.63) is 193 Å². The summed E-state index contributed by atoms with van der Waals surface area (Å²) in [4.78, 5) is 4.51. The molecule has 8 aromatic rings. The van der Waals surface area contributed by atoms with E-state index in [1.54, 1.807) is 0 Å². The number of hydrazone groups is 1. The van der Waals surface area contributed by atoms with Crippen molar-refractivity contribution in [2.45, 2.75) is 0 Å². The minimum absolute atomic E-state index is 0.894. The van der Waals surface area contributed by atoms with Crippen molar-refractivity contribution >= 4 is 38.9 Å². The molecule has 0 atom stereocenters. The van der Waals surface area contributed by atoms with Crippen molar-refractivity contribution in [1.29, 1.82) is 0 Å². The minimum Gasteiger partial charge on any atom is -0.309 e. The quantitative estimate of drug-likeness (QED) is 0.199. The standard InChI is InChI=1S/C44H31N5/c1-3-11-32(12-4-1)41-30-42(33-13-5-2-6-14-33)47-49(46-41)37-25-23-36(24-26-37)48-43-17-8-7-15-38(43)39-27-22-35(29-44(39)48)31-18-20-34(21-19-31)40-16-9-10-28-45-40/h1-30,46H. The number of nitrogens with one attached hydrogen (secondary N) is 1. The van der Waals surface area contributed by atoms with Crippen LogP contribution in [0.5, 0.6) is 0 Å². The van der Waals surface area contributed by atoms with E-state index < -0.39 is 0 Å². The molecule has 0 unspecified atom stereocenters. The molecule has 232 valence electrons. The van der Waals surface area contributed by atoms with E-state index in [2.05, 4.69) is 148 Å². The third-order valence-corrected chi connectivity index (χ3v) is 9.07. The first-order valence-electron chi connectivity index (χ1n) is 16.4. The highest BCUT2D eigenvalue weighted by Gasteiger charge is 2.18. The van der Waals surface area contributed by atoms with Gasteiger partial charge in [0.25, 0.3) is 0 Å². The summed E-state index contributed by atoms with van der Waals surface area (Å²) in [5.74, 6) is 0. The molecule has 49 heavy (non-hydrogen) atoms. The van der Waals surface area contributed by atoms with Gasteiger partial charge in [0.15, 0.2) is 0 Å². The first-order chi connectivity index (χ1) is 24.3. The summed E-state index contributed by atoms with van der Waals surface area (Å²) in [5, 5.41) is 9.33. The van der Waals surface area contributed by atoms with Crippen molar-refractivity contribution in [1.82, 2.24) is 15.0 Å². The Morgan fingerprint density at radius 3 is 1.84 bits per heavy atom. The molecule has 6 aromatic carbocycles. The second kappa shape index (κ2) is 12.1. The Bertz CT molecular complexity index is 2480. The van der Waals surface area contributed by atoms with Gasteiger partial charge in [-0.3, -0.25) is 10.4 Å². The maximum absolute atomic E-state index is 5.01. The lowest BCUT2D eigenvalue weighted by atomic mass is 10.0. The van der Waals surface area contributed by atoms with Gasteiger partial charge in [-0.25, -0.2) is 0 Å². The average Bonchev–Trinajstić information content (AvgIpc) is 3.52. The molecule has 0 radical (unpaired) electrons. The maximum Gasteiger partial charge on any atom is 0.0949 e. The van der Waals surface area contributed by atoms with E-state index in [1.807, 2.05) is 53.8 Å². The molecule has 9 rings (SSSR count). The number of hydrazine groups is 1. The summed E-state index contributed by atoms with van der Waals surface area (Å²) in [5.41, 5.74) is 16.3. The van der Waals surface area contributed by atoms with Crippen molar-refractivity contribution in [3.8, 4) is 28.1 Å². The van der Waals surface area contributed by atoms with Crippen LogP contribution in [-0.2, 0) is 0 Å². The van der Waals surface area contributed by atoms with E-state index in [4.69, 9.17) is 5.10 Å². The fraction of sp³-hybridized carbons (Fsp3) is 0. The molecule has 2 aromatic heterocycles. The van der Waals surface area contributed by atoms with Gasteiger partial charge in [-0.05, 0) is 71.3 Å². The molecular weight excluding hydrogens is 599 g/mol. The fourth-order valence-corrected chi connectivity index (χ4v) is 6.62. The molecule has 1 N–H and O–H groups in total. The largest absolute Gasteiger partial charge is 0.309 e. The number of para-hydroxylation sites is 1. The molecular formula is C44H31N5. The van der Waals surface area contributed by atoms with E-state index in [9.17, 15) is 0 Å². The predicted molar refractivity (Wildman–Crippen MR) is 202 cm³/mol. The van der Waals surface area contributed by atoms with Crippen molar-refractivity contribution < 1.29 is 0 Å². The normalized spacial score (nSPS) is 12.9. The van der Waals surface area contributed by atoms with Gasteiger partial charge in [-0.15, -0.1) is 0 Å². The van der Waals surface area contributed by atoms with Gasteiger partial charge in [0.05, 0.1) is 33.8 Å². The zero-order chi connectivity index (χ0) is 32.6. The number of aromatic nitrogens is 2. The third kappa shape index (κ3) is 5.33. The summed E-state index contributed by atoms with van der Waals surface area (Å²) < 4.78 is 2.36. The van der Waals surface area contributed by atoms with Gasteiger partial charge < -0.3 is 4.57 Å². The molecule has 1 aliphatic heterocycles. The van der Waals surface area contributed by atoms with Crippen LogP contribution in [-0.4, -0.2) is 15.3 Å². The highest BCUT2D eigenvalue weighted by atomic mass is 15.7. The number of hydrogen-bond donors (Lipinski definition) is 1. The number of rotatable bonds is 6. The van der Waals surface area contributed by atoms with Gasteiger partial charge in [-0.1, -0.05) is 121 Å². The van der Waals surface area contributed by atoms with Crippen molar-refractivity contribution in [3.63, 3.8) is 0 Å². The monoisotopic (exact) mass is 629 g/mol. The smallest absolute Gasteiger partial charge is 0.0949 e. The van der Waals surface area contributed by atoms with Crippen molar-refractivity contribution in [2.24, 2.45) is 5.10 Å². The van der Waals surface area contributed by atoms with E-state index in [0.29, 0.717) is 0 Å². The summed E-state index contributed by atoms with van der Waals surface area (Å²) in [6, 6.07) is 59.3. The average molecular weight is 630 g/mol. The van der Waals surface area contributed by atoms with Crippen LogP contribution in [0.4, 0.5) is 5.69 Å². The third-order valence-electron chi connectivity index (χ3n) is 9.07. The first-order valence-corrected chi connectivity index (χ1v) is 16.4. The minimum atomic E-state index is 0.894. The molecule has 1 aliphatic rings. The lowest BCUT2D eigenvalue weighted by Crippen LogP contribution is -2.36. The molecule has 0 saturated carbocycles. The molecule has 0 aliphatic carbocycles. The van der Waals surface area contributed by atoms with Crippen LogP contribution in [0.25, 0.3) is 55.6 Å². The zero-order valence-electron chi connectivity index (χ0n) is 26.6. The Hall–Kier alpha value is -6.72. The van der Waals surface area contributed by atoms with E-state index in [1.165, 1.54) is 27.4 Å². The van der Waals surface area contributed by atoms with Gasteiger partial charge in [0.2, 0.25) is 0 Å². The summed E-state index contributed by atoms with van der Waals surface area (Å²) in [6.07, 6.45) is 3.94. The van der Waals surface area contributed by atoms with E-state index in [-0.39, 0.29) is 0 Å². The first kappa shape index (κ1) is 28.5. The van der Waals surface area contributed by atoms with E-state index in [0.717, 1.165) is 50.7 Å². The van der Waals surface area contributed by atoms with Gasteiger partial charge in [-0.2, -0.15) is 10.2 Å². The molecule has 0 amide bonds. The summed E-state index contributed by atoms with van der Waals surface area (Å²) in [7, 11) is 0. The number of fused-ring (bicyclic) bond motifs is 3. The SMILES string of the molecule is C1=C(c2ccccc2)NN(c2ccc(-n3c4ccccc4c4ccc(-c5ccc(-c6ccccn6)cc5)cc43)cc2)N=C1c1ccccc1. The van der Waals surface area contributed by atoms with Gasteiger partial charge in [0, 0.05) is 33.8 Å². The molecule has 5 nitrogen and oxygen atoms in total. The lowest BCUT2D eigenvalue weighted by Gasteiger charge is -2.28. The van der Waals surface area contributed by atoms with Crippen LogP contribution in [0.3, 0.4) is 0 Å². The number of allylic oxidation sites excluding steroid dienone is 1. The predicted octanol–water partition coefficient (Wildman–Crippen LogP) is 10.3. The molecule has 0 fully saturated rings. The van der Waals surface area contributed by atoms with Crippen LogP contribution in [0, 0.1) is 0 Å². The number of pyridine rings is 1. The van der Waals surface area contributed by atoms with Gasteiger partial charge in [0.1, 0.15) is 0 Å². The second-order valence-electron chi connectivity index (χ2n) is 12.1. The Labute approximate surface area is 284 Å². The maximum atomic E-state index is 5.01. The Kier molecular flexibility index (Phi) is 7.06. The molecule has 3 heterocycles. The zero-order valence-corrected chi connectivity index (χ0v) is 26.6. The molecule has 5 heteroatoms. The molecule has 0 bridgehead atoms. The fourth-order valence-electron chi connectivity index (χ4n) is 6.62. The van der Waals surface area contributed by atoms with Crippen LogP contribution >= 0.6 is 0 Å². The Balaban J connectivity index is 1.10. The Morgan fingerprint density at radius 1 is 0.449 bits per heavy atom. The van der Waals surface area contributed by atoms with Crippen LogP contribution < -0.4 is 10.5 Å². The number of hydrogen-bond acceptors (Lipinski definition) is 4. The van der Waals surface area contributed by atoms with E-state index >= 15 is 0 Å². The number of nitrogens with zero attached hydrogens (tertiary/aromatic N) is 4. The Morgan fingerprint density at radius 2 is 1.08 bits per heavy atom.